The summed E-state index contributed by atoms with van der Waals surface area (Å²) in [6.07, 6.45) is 7.02. The topological polar surface area (TPSA) is 0 Å². The second-order valence-electron chi connectivity index (χ2n) is 4.04. The van der Waals surface area contributed by atoms with Gasteiger partial charge in [-0.15, -0.1) is 0 Å². The van der Waals surface area contributed by atoms with Crippen molar-refractivity contribution in [3.8, 4) is 0 Å². The lowest BCUT2D eigenvalue weighted by Crippen LogP contribution is -2.41. The lowest BCUT2D eigenvalue weighted by molar-refractivity contribution is -0.879. The molecule has 0 aromatic heterocycles. The van der Waals surface area contributed by atoms with Gasteiger partial charge in [0.2, 0.25) is 0 Å². The standard InChI is InChI=1S/C9H24NSi/c1-4-5-6-7-8-10(2,3)9-11/h4-9H2,1-3,11H3/q+1. The maximum absolute atomic E-state index is 2.35. The molecule has 0 spiro atoms. The maximum atomic E-state index is 2.35. The van der Waals surface area contributed by atoms with Gasteiger partial charge in [0.1, 0.15) is 0 Å². The van der Waals surface area contributed by atoms with Crippen LogP contribution in [0.15, 0.2) is 0 Å². The summed E-state index contributed by atoms with van der Waals surface area (Å²) in [4.78, 5) is 0. The second-order valence-corrected chi connectivity index (χ2v) is 4.67. The van der Waals surface area contributed by atoms with Crippen molar-refractivity contribution in [1.29, 1.82) is 0 Å². The number of rotatable bonds is 6. The Morgan fingerprint density at radius 3 is 2.18 bits per heavy atom. The third kappa shape index (κ3) is 6.57. The summed E-state index contributed by atoms with van der Waals surface area (Å²) in [6.45, 7) is 3.65. The van der Waals surface area contributed by atoms with Crippen LogP contribution in [0.2, 0.25) is 0 Å². The van der Waals surface area contributed by atoms with Crippen molar-refractivity contribution < 1.29 is 4.48 Å². The van der Waals surface area contributed by atoms with Crippen molar-refractivity contribution in [2.45, 2.75) is 32.6 Å². The summed E-state index contributed by atoms with van der Waals surface area (Å²) in [5.74, 6) is 0. The van der Waals surface area contributed by atoms with E-state index >= 15 is 0 Å². The molecule has 0 fully saturated rings. The van der Waals surface area contributed by atoms with Gasteiger partial charge in [0, 0.05) is 0 Å². The van der Waals surface area contributed by atoms with E-state index < -0.39 is 0 Å². The zero-order valence-electron chi connectivity index (χ0n) is 8.69. The minimum atomic E-state index is 1.25. The Hall–Kier alpha value is 0.177. The molecule has 0 bridgehead atoms. The average molecular weight is 174 g/mol. The van der Waals surface area contributed by atoms with Crippen LogP contribution in [-0.2, 0) is 0 Å². The fraction of sp³-hybridized carbons (Fsp3) is 1.00. The van der Waals surface area contributed by atoms with E-state index in [-0.39, 0.29) is 0 Å². The van der Waals surface area contributed by atoms with Crippen LogP contribution in [0.3, 0.4) is 0 Å². The molecule has 11 heavy (non-hydrogen) atoms. The minimum Gasteiger partial charge on any atom is -0.333 e. The number of nitrogens with zero attached hydrogens (tertiary/aromatic N) is 1. The van der Waals surface area contributed by atoms with E-state index in [1.54, 1.807) is 0 Å². The molecule has 0 atom stereocenters. The van der Waals surface area contributed by atoms with Gasteiger partial charge in [-0.05, 0) is 12.8 Å². The first-order valence-electron chi connectivity index (χ1n) is 4.94. The van der Waals surface area contributed by atoms with E-state index in [0.29, 0.717) is 0 Å². The van der Waals surface area contributed by atoms with Crippen molar-refractivity contribution in [3.63, 3.8) is 0 Å². The molecule has 0 aromatic rings. The van der Waals surface area contributed by atoms with Crippen molar-refractivity contribution in [2.24, 2.45) is 0 Å². The molecule has 0 aromatic carbocycles. The van der Waals surface area contributed by atoms with Gasteiger partial charge in [0.25, 0.3) is 0 Å². The van der Waals surface area contributed by atoms with Crippen LogP contribution in [0.25, 0.3) is 0 Å². The van der Waals surface area contributed by atoms with E-state index in [4.69, 9.17) is 0 Å². The predicted octanol–water partition coefficient (Wildman–Crippen LogP) is 0.966. The molecule has 0 amide bonds. The smallest absolute Gasteiger partial charge is 0.0779 e. The third-order valence-electron chi connectivity index (χ3n) is 2.47. The van der Waals surface area contributed by atoms with E-state index in [9.17, 15) is 0 Å². The SMILES string of the molecule is CCCCCC[N+](C)(C)C[SiH3]. The molecule has 0 saturated heterocycles. The Morgan fingerprint density at radius 1 is 1.09 bits per heavy atom. The molecule has 68 valence electrons. The fourth-order valence-electron chi connectivity index (χ4n) is 1.12. The van der Waals surface area contributed by atoms with Gasteiger partial charge in [-0.3, -0.25) is 0 Å². The van der Waals surface area contributed by atoms with Crippen molar-refractivity contribution in [2.75, 3.05) is 26.8 Å². The first-order chi connectivity index (χ1) is 5.12. The molecular weight excluding hydrogens is 150 g/mol. The van der Waals surface area contributed by atoms with Crippen LogP contribution in [0.4, 0.5) is 0 Å². The first kappa shape index (κ1) is 11.2. The number of hydrogen-bond acceptors (Lipinski definition) is 0. The van der Waals surface area contributed by atoms with Crippen LogP contribution in [0.5, 0.6) is 0 Å². The summed E-state index contributed by atoms with van der Waals surface area (Å²) in [7, 11) is 6.03. The summed E-state index contributed by atoms with van der Waals surface area (Å²) < 4.78 is 1.25. The van der Waals surface area contributed by atoms with Gasteiger partial charge >= 0.3 is 0 Å². The van der Waals surface area contributed by atoms with Crippen LogP contribution < -0.4 is 0 Å². The Morgan fingerprint density at radius 2 is 1.73 bits per heavy atom. The molecule has 0 saturated carbocycles. The highest BCUT2D eigenvalue weighted by atomic mass is 28.1. The highest BCUT2D eigenvalue weighted by Gasteiger charge is 2.09. The molecule has 1 nitrogen and oxygen atoms in total. The molecule has 0 unspecified atom stereocenters. The van der Waals surface area contributed by atoms with Gasteiger partial charge in [-0.25, -0.2) is 0 Å². The molecule has 0 rings (SSSR count). The van der Waals surface area contributed by atoms with Gasteiger partial charge in [-0.1, -0.05) is 19.8 Å². The molecule has 0 aliphatic rings. The highest BCUT2D eigenvalue weighted by molar-refractivity contribution is 6.08. The second kappa shape index (κ2) is 5.78. The average Bonchev–Trinajstić information content (AvgIpc) is 1.99. The quantitative estimate of drug-likeness (QED) is 0.320. The Bertz CT molecular complexity index is 91.6. The van der Waals surface area contributed by atoms with Gasteiger partial charge in [0.05, 0.1) is 37.1 Å². The summed E-state index contributed by atoms with van der Waals surface area (Å²) in [5, 5.41) is 0. The molecule has 2 heteroatoms. The molecule has 0 aliphatic heterocycles. The molecule has 0 N–H and O–H groups in total. The summed E-state index contributed by atoms with van der Waals surface area (Å²) in [6, 6.07) is 0. The number of hydrogen-bond donors (Lipinski definition) is 0. The Balaban J connectivity index is 3.23. The molecule has 0 aliphatic carbocycles. The minimum absolute atomic E-state index is 1.25. The van der Waals surface area contributed by atoms with E-state index in [0.717, 1.165) is 0 Å². The largest absolute Gasteiger partial charge is 0.333 e. The lowest BCUT2D eigenvalue weighted by atomic mass is 10.2. The van der Waals surface area contributed by atoms with Crippen molar-refractivity contribution >= 4 is 10.2 Å². The van der Waals surface area contributed by atoms with Gasteiger partial charge < -0.3 is 4.48 Å². The lowest BCUT2D eigenvalue weighted by Gasteiger charge is -2.28. The van der Waals surface area contributed by atoms with E-state index in [1.807, 2.05) is 0 Å². The summed E-state index contributed by atoms with van der Waals surface area (Å²) in [5.41, 5.74) is 0. The zero-order chi connectivity index (χ0) is 8.74. The monoisotopic (exact) mass is 174 g/mol. The van der Waals surface area contributed by atoms with Crippen LogP contribution in [-0.4, -0.2) is 41.5 Å². The normalized spacial score (nSPS) is 12.3. The molecule has 0 heterocycles. The van der Waals surface area contributed by atoms with Crippen LogP contribution in [0.1, 0.15) is 32.6 Å². The third-order valence-corrected chi connectivity index (χ3v) is 4.19. The molecular formula is C9H24NSi+. The Labute approximate surface area is 74.8 Å². The summed E-state index contributed by atoms with van der Waals surface area (Å²) >= 11 is 0. The Kier molecular flexibility index (Phi) is 5.87. The van der Waals surface area contributed by atoms with Crippen LogP contribution in [0, 0.1) is 0 Å². The highest BCUT2D eigenvalue weighted by Crippen LogP contribution is 2.03. The van der Waals surface area contributed by atoms with E-state index in [2.05, 4.69) is 21.0 Å². The fourth-order valence-corrected chi connectivity index (χ4v) is 1.44. The van der Waals surface area contributed by atoms with Crippen LogP contribution >= 0.6 is 0 Å². The maximum Gasteiger partial charge on any atom is 0.0779 e. The molecule has 0 radical (unpaired) electrons. The number of unbranched alkanes of at least 4 members (excludes halogenated alkanes) is 3. The van der Waals surface area contributed by atoms with Gasteiger partial charge in [-0.2, -0.15) is 0 Å². The van der Waals surface area contributed by atoms with Crippen molar-refractivity contribution in [1.82, 2.24) is 0 Å². The van der Waals surface area contributed by atoms with E-state index in [1.165, 1.54) is 53.1 Å². The zero-order valence-corrected chi connectivity index (χ0v) is 10.7. The first-order valence-corrected chi connectivity index (χ1v) is 6.36. The van der Waals surface area contributed by atoms with Gasteiger partial charge in [0.15, 0.2) is 0 Å². The van der Waals surface area contributed by atoms with Crippen molar-refractivity contribution in [3.05, 3.63) is 0 Å². The predicted molar refractivity (Wildman–Crippen MR) is 55.9 cm³/mol. The number of quaternary nitrogens is 1.